The lowest BCUT2D eigenvalue weighted by molar-refractivity contribution is -0.652. The van der Waals surface area contributed by atoms with Crippen LogP contribution in [0.2, 0.25) is 0 Å². The van der Waals surface area contributed by atoms with Crippen LogP contribution in [0.3, 0.4) is 0 Å². The molecule has 0 saturated carbocycles. The number of hydrogen-bond acceptors (Lipinski definition) is 7. The topological polar surface area (TPSA) is 136 Å². The maximum Gasteiger partial charge on any atom is 0.339 e. The number of fused-ring (bicyclic) bond motifs is 35. The summed E-state index contributed by atoms with van der Waals surface area (Å²) in [6.07, 6.45) is 19.0. The zero-order valence-electron chi connectivity index (χ0n) is 72.1. The number of thiophene rings is 1. The predicted octanol–water partition coefficient (Wildman–Crippen LogP) is 14.1. The lowest BCUT2D eigenvalue weighted by Crippen LogP contribution is -2.33. The number of aromatic nitrogens is 18. The van der Waals surface area contributed by atoms with E-state index in [1.165, 1.54) is 22.8 Å². The third-order valence-electron chi connectivity index (χ3n) is 21.8. The number of benzene rings is 6. The van der Waals surface area contributed by atoms with Crippen molar-refractivity contribution >= 4 is 115 Å². The highest BCUT2D eigenvalue weighted by Crippen LogP contribution is 2.42. The molecule has 5 aliphatic heterocycles. The highest BCUT2D eigenvalue weighted by atomic mass is 32.1. The van der Waals surface area contributed by atoms with Gasteiger partial charge in [0.1, 0.15) is 35.3 Å². The molecule has 15 aromatic heterocycles. The molecule has 0 fully saturated rings. The highest BCUT2D eigenvalue weighted by Gasteiger charge is 2.40. The van der Waals surface area contributed by atoms with E-state index in [0.717, 1.165) is 166 Å². The molecule has 0 radical (unpaired) electrons. The van der Waals surface area contributed by atoms with Crippen LogP contribution in [0.4, 0.5) is 0 Å². The van der Waals surface area contributed by atoms with Crippen molar-refractivity contribution in [1.82, 2.24) is 61.3 Å². The van der Waals surface area contributed by atoms with E-state index in [1.54, 1.807) is 79.4 Å². The Morgan fingerprint density at radius 3 is 1.56 bits per heavy atom. The number of para-hydroxylation sites is 1. The lowest BCUT2D eigenvalue weighted by atomic mass is 10.1. The van der Waals surface area contributed by atoms with E-state index in [0.29, 0.717) is 61.0 Å². The molecule has 5 aliphatic rings. The molecule has 0 amide bonds. The Hall–Kier alpha value is -13.5. The van der Waals surface area contributed by atoms with Crippen LogP contribution in [0, 0.1) is 0 Å². The number of imidazole rings is 5. The van der Waals surface area contributed by atoms with Crippen molar-refractivity contribution in [3.8, 4) is 62.6 Å². The van der Waals surface area contributed by atoms with Gasteiger partial charge in [-0.2, -0.15) is 4.57 Å². The first-order chi connectivity index (χ1) is 58.7. The molecule has 0 spiro atoms. The molecular formula is C87H69N18OS+5. The van der Waals surface area contributed by atoms with Gasteiger partial charge in [0.05, 0.1) is 168 Å². The van der Waals surface area contributed by atoms with Crippen LogP contribution >= 0.6 is 11.3 Å². The maximum absolute atomic E-state index is 8.33. The first kappa shape index (κ1) is 47.7. The molecule has 0 aliphatic carbocycles. The minimum atomic E-state index is -2.31. The van der Waals surface area contributed by atoms with Gasteiger partial charge in [-0.3, -0.25) is 38.6 Å². The third kappa shape index (κ3) is 8.63. The Morgan fingerprint density at radius 1 is 0.411 bits per heavy atom. The van der Waals surface area contributed by atoms with Crippen molar-refractivity contribution in [1.29, 1.82) is 0 Å². The number of furan rings is 1. The van der Waals surface area contributed by atoms with Gasteiger partial charge >= 0.3 is 5.71 Å². The molecule has 6 aromatic carbocycles. The van der Waals surface area contributed by atoms with Crippen molar-refractivity contribution in [3.63, 3.8) is 0 Å². The molecule has 514 valence electrons. The van der Waals surface area contributed by atoms with E-state index in [1.807, 2.05) is 178 Å². The minimum Gasteiger partial charge on any atom is -0.417 e. The quantitative estimate of drug-likeness (QED) is 0.150. The SMILES string of the molecule is [2H]C([2H])([2H])[n+]1c2n(c3cc4cnccn4c31)Cc1ccccc1-2.[2H]C([2H])([2H])n1c2[n+](c3c1c1ccncc1n3-c1ccccc1)Cc1ccccc1-2.[2H]C([2H])([2H])n1c2[n+](c3c1c1ccncc1n3C)Cc1ccccc1-2.[2H]C([2H])([2H])n1c2[n+](c3oc4cnccc4c31)Cc1ccccc1-2.[2H]C([2H])([2H])n1c2[n+](c3sc4cnccc4c31)Cc1ccccc1-2. The van der Waals surface area contributed by atoms with E-state index < -0.39 is 34.9 Å². The lowest BCUT2D eigenvalue weighted by Gasteiger charge is -2.03. The molecule has 0 bridgehead atoms. The first-order valence-electron chi connectivity index (χ1n) is 42.5. The molecule has 19 nitrogen and oxygen atoms in total. The zero-order chi connectivity index (χ0) is 83.7. The fraction of sp³-hybridized carbons (Fsp3) is 0.126. The van der Waals surface area contributed by atoms with Gasteiger partial charge in [0.15, 0.2) is 27.6 Å². The standard InChI is InChI=1S/C22H17N4.C17H15N4.C16H13N4.C16H12N3O.C16H12N3S/c1-24-20-18-11-12-23-13-19(18)26(16-8-3-2-4-9-16)22(20)25-14-15-7-5-6-10-17(15)21(24)25;1-19-14-9-18-8-7-13(14)15-17(19)21-10-11-5-3-4-6-12(11)16(21)20(15)2;1-18-15-13-5-3-2-4-11(13)10-20(15)14-8-12-9-17-6-7-19(12)16(14)18;2*1-18-14-12-6-7-17-8-13(12)20-16(14)19-9-10-4-2-3-5-11(10)15(18)19/h2-13H,14H2,1H3;3-9H,10H2,1-2H3;2-9H,10H2,1H3;2*2-8H,9H2,1H3/q5*+1/i1D3;2D3;3*1D3. The Labute approximate surface area is 636 Å². The van der Waals surface area contributed by atoms with Crippen LogP contribution < -0.4 is 22.8 Å². The van der Waals surface area contributed by atoms with Gasteiger partial charge in [0.25, 0.3) is 28.6 Å². The van der Waals surface area contributed by atoms with E-state index in [2.05, 4.69) is 72.0 Å². The molecule has 21 aromatic rings. The predicted molar refractivity (Wildman–Crippen MR) is 417 cm³/mol. The molecule has 26 rings (SSSR count). The second-order valence-corrected chi connectivity index (χ2v) is 28.4. The largest absolute Gasteiger partial charge is 0.417 e. The fourth-order valence-electron chi connectivity index (χ4n) is 17.2. The van der Waals surface area contributed by atoms with Crippen molar-refractivity contribution < 1.29 is 47.8 Å². The summed E-state index contributed by atoms with van der Waals surface area (Å²) in [5.41, 5.74) is 21.7. The summed E-state index contributed by atoms with van der Waals surface area (Å²) in [5.74, 6) is 3.68. The fourth-order valence-corrected chi connectivity index (χ4v) is 18.4. The molecule has 20 heterocycles. The average molecular weight is 1430 g/mol. The molecule has 0 atom stereocenters. The van der Waals surface area contributed by atoms with Gasteiger partial charge in [-0.25, -0.2) is 40.9 Å². The van der Waals surface area contributed by atoms with Gasteiger partial charge in [-0.1, -0.05) is 121 Å². The van der Waals surface area contributed by atoms with Crippen molar-refractivity contribution in [3.05, 3.63) is 278 Å². The Bertz CT molecular complexity index is 7560. The second-order valence-electron chi connectivity index (χ2n) is 27.4. The highest BCUT2D eigenvalue weighted by molar-refractivity contribution is 7.25. The van der Waals surface area contributed by atoms with Crippen LogP contribution in [-0.4, -0.2) is 61.3 Å². The third-order valence-corrected chi connectivity index (χ3v) is 22.9. The van der Waals surface area contributed by atoms with E-state index >= 15 is 0 Å². The van der Waals surface area contributed by atoms with Crippen LogP contribution in [0.1, 0.15) is 48.4 Å². The van der Waals surface area contributed by atoms with Crippen LogP contribution in [0.15, 0.2) is 255 Å². The molecule has 0 unspecified atom stereocenters. The van der Waals surface area contributed by atoms with Crippen molar-refractivity contribution in [2.24, 2.45) is 41.9 Å². The van der Waals surface area contributed by atoms with E-state index in [-0.39, 0.29) is 0 Å². The summed E-state index contributed by atoms with van der Waals surface area (Å²) >= 11 is 1.60. The van der Waals surface area contributed by atoms with Gasteiger partial charge in [0, 0.05) is 64.7 Å². The van der Waals surface area contributed by atoms with Crippen LogP contribution in [0.5, 0.6) is 0 Å². The summed E-state index contributed by atoms with van der Waals surface area (Å²) in [6, 6.07) is 59.4. The van der Waals surface area contributed by atoms with E-state index in [4.69, 9.17) is 25.0 Å². The number of nitrogens with zero attached hydrogens (tertiary/aromatic N) is 18. The van der Waals surface area contributed by atoms with Gasteiger partial charge in [0.2, 0.25) is 27.8 Å². The van der Waals surface area contributed by atoms with Crippen LogP contribution in [0.25, 0.3) is 166 Å². The number of rotatable bonds is 1. The average Bonchev–Trinajstić information content (AvgIpc) is 1.77. The summed E-state index contributed by atoms with van der Waals surface area (Å²) in [4.78, 5) is 21.9. The first-order valence-corrected chi connectivity index (χ1v) is 35.8. The Kier molecular flexibility index (Phi) is 10.3. The summed E-state index contributed by atoms with van der Waals surface area (Å²) in [5, 5.41) is 3.52. The molecule has 20 heteroatoms. The molecule has 107 heavy (non-hydrogen) atoms. The normalized spacial score (nSPS) is 15.6. The van der Waals surface area contributed by atoms with Gasteiger partial charge < -0.3 is 4.42 Å². The van der Waals surface area contributed by atoms with Crippen molar-refractivity contribution in [2.45, 2.75) is 32.7 Å². The van der Waals surface area contributed by atoms with Crippen LogP contribution in [-0.2, 0) is 74.7 Å². The Morgan fingerprint density at radius 2 is 0.907 bits per heavy atom. The van der Waals surface area contributed by atoms with Gasteiger partial charge in [-0.15, -0.1) is 0 Å². The minimum absolute atomic E-state index is 0.579. The summed E-state index contributed by atoms with van der Waals surface area (Å²) in [6.45, 7) is -8.01. The summed E-state index contributed by atoms with van der Waals surface area (Å²) < 4.78 is 153. The molecular weight excluding hydrogens is 1350 g/mol. The number of pyridine rings is 4. The molecule has 0 N–H and O–H groups in total. The summed E-state index contributed by atoms with van der Waals surface area (Å²) in [7, 11) is 1.96. The van der Waals surface area contributed by atoms with Gasteiger partial charge in [-0.05, 0) is 72.3 Å². The second kappa shape index (κ2) is 23.0. The smallest absolute Gasteiger partial charge is 0.339 e. The van der Waals surface area contributed by atoms with Crippen molar-refractivity contribution in [2.75, 3.05) is 0 Å². The molecule has 0 saturated heterocycles. The monoisotopic (exact) mass is 1430 g/mol. The Balaban J connectivity index is 0.0000000914. The maximum atomic E-state index is 8.33. The number of aryl methyl sites for hydroxylation is 6. The number of hydrogen-bond donors (Lipinski definition) is 0. The zero-order valence-corrected chi connectivity index (χ0v) is 57.9. The van der Waals surface area contributed by atoms with E-state index in [9.17, 15) is 0 Å².